The summed E-state index contributed by atoms with van der Waals surface area (Å²) in [4.78, 5) is 26.8. The zero-order chi connectivity index (χ0) is 19.0. The molecule has 134 valence electrons. The van der Waals surface area contributed by atoms with Gasteiger partial charge in [0, 0.05) is 11.6 Å². The highest BCUT2D eigenvalue weighted by Crippen LogP contribution is 2.49. The van der Waals surface area contributed by atoms with Crippen molar-refractivity contribution in [3.05, 3.63) is 39.4 Å². The number of carbonyl (C=O) groups excluding carboxylic acids is 1. The van der Waals surface area contributed by atoms with E-state index in [4.69, 9.17) is 14.3 Å². The second-order valence-corrected chi connectivity index (χ2v) is 6.43. The quantitative estimate of drug-likeness (QED) is 0.224. The predicted octanol–water partition coefficient (Wildman–Crippen LogP) is 3.16. The summed E-state index contributed by atoms with van der Waals surface area (Å²) in [5, 5.41) is 23.2. The van der Waals surface area contributed by atoms with E-state index < -0.39 is 23.9 Å². The average Bonchev–Trinajstić information content (AvgIpc) is 2.55. The van der Waals surface area contributed by atoms with Crippen molar-refractivity contribution in [2.45, 2.75) is 20.8 Å². The molecule has 1 aromatic rings. The molecule has 0 saturated heterocycles. The van der Waals surface area contributed by atoms with E-state index in [1.54, 1.807) is 0 Å². The molecule has 0 amide bonds. The fourth-order valence-corrected chi connectivity index (χ4v) is 2.96. The molecule has 1 aromatic carbocycles. The maximum Gasteiger partial charge on any atom is 0.393 e. The minimum atomic E-state index is -4.01. The van der Waals surface area contributed by atoms with Crippen LogP contribution >= 0.6 is 7.60 Å². The van der Waals surface area contributed by atoms with Crippen molar-refractivity contribution >= 4 is 24.7 Å². The molecule has 0 bridgehead atoms. The lowest BCUT2D eigenvalue weighted by atomic mass is 10.1. The summed E-state index contributed by atoms with van der Waals surface area (Å²) in [5.74, 6) is -1.06. The van der Waals surface area contributed by atoms with Crippen molar-refractivity contribution in [1.82, 2.24) is 0 Å². The molecule has 0 spiro atoms. The first-order valence-electron chi connectivity index (χ1n) is 7.13. The van der Waals surface area contributed by atoms with Gasteiger partial charge in [-0.3, -0.25) is 14.7 Å². The summed E-state index contributed by atoms with van der Waals surface area (Å²) in [7, 11) is -4.01. The van der Waals surface area contributed by atoms with E-state index in [2.05, 4.69) is 9.99 Å². The summed E-state index contributed by atoms with van der Waals surface area (Å²) < 4.78 is 22.3. The van der Waals surface area contributed by atoms with E-state index in [0.29, 0.717) is 5.56 Å². The second-order valence-electron chi connectivity index (χ2n) is 4.50. The first-order chi connectivity index (χ1) is 11.8. The van der Waals surface area contributed by atoms with E-state index in [9.17, 15) is 19.5 Å². The number of hydrogen-bond acceptors (Lipinski definition) is 9. The Kier molecular flexibility index (Phi) is 7.39. The number of aryl methyl sites for hydroxylation is 1. The SMILES string of the molecule is CCOP(=O)(OCC)/C(C#N)=N\OC(=O)c1ccc(C)c([N+](=O)[O-])c1. The van der Waals surface area contributed by atoms with Crippen LogP contribution in [0.1, 0.15) is 29.8 Å². The van der Waals surface area contributed by atoms with E-state index in [-0.39, 0.29) is 24.5 Å². The Labute approximate surface area is 143 Å². The van der Waals surface area contributed by atoms with Crippen LogP contribution in [0.2, 0.25) is 0 Å². The van der Waals surface area contributed by atoms with E-state index in [0.717, 1.165) is 6.07 Å². The van der Waals surface area contributed by atoms with Crippen LogP contribution in [-0.2, 0) is 18.5 Å². The number of oxime groups is 1. The third-order valence-electron chi connectivity index (χ3n) is 2.81. The standard InChI is InChI=1S/C14H16N3O7P/c1-4-22-25(21,23-5-2)13(9-15)16-24-14(18)11-7-6-10(3)12(8-11)17(19)20/h6-8H,4-5H2,1-3H3/b16-13-. The third-order valence-corrected chi connectivity index (χ3v) is 4.71. The van der Waals surface area contributed by atoms with Crippen molar-refractivity contribution in [3.8, 4) is 6.07 Å². The molecule has 0 unspecified atom stereocenters. The van der Waals surface area contributed by atoms with E-state index in [1.807, 2.05) is 0 Å². The van der Waals surface area contributed by atoms with Crippen molar-refractivity contribution in [2.75, 3.05) is 13.2 Å². The maximum absolute atomic E-state index is 12.4. The van der Waals surface area contributed by atoms with Crippen LogP contribution in [0, 0.1) is 28.4 Å². The van der Waals surface area contributed by atoms with E-state index in [1.165, 1.54) is 39.0 Å². The second kappa shape index (κ2) is 9.03. The van der Waals surface area contributed by atoms with Gasteiger partial charge < -0.3 is 13.9 Å². The molecule has 0 atom stereocenters. The number of nitrogens with zero attached hydrogens (tertiary/aromatic N) is 3. The number of carbonyl (C=O) groups is 1. The Balaban J connectivity index is 3.08. The first-order valence-corrected chi connectivity index (χ1v) is 8.67. The smallest absolute Gasteiger partial charge is 0.311 e. The van der Waals surface area contributed by atoms with Gasteiger partial charge in [0.2, 0.25) is 0 Å². The topological polar surface area (TPSA) is 141 Å². The summed E-state index contributed by atoms with van der Waals surface area (Å²) in [5.41, 5.74) is -0.791. The zero-order valence-corrected chi connectivity index (χ0v) is 14.7. The predicted molar refractivity (Wildman–Crippen MR) is 87.2 cm³/mol. The third kappa shape index (κ3) is 5.19. The number of nitro groups is 1. The minimum absolute atomic E-state index is 0.0178. The Morgan fingerprint density at radius 3 is 2.44 bits per heavy atom. The van der Waals surface area contributed by atoms with Crippen LogP contribution in [0.3, 0.4) is 0 Å². The Bertz CT molecular complexity index is 775. The fraction of sp³-hybridized carbons (Fsp3) is 0.357. The number of benzene rings is 1. The highest BCUT2D eigenvalue weighted by molar-refractivity contribution is 7.73. The van der Waals surface area contributed by atoms with E-state index >= 15 is 0 Å². The van der Waals surface area contributed by atoms with Gasteiger partial charge in [0.1, 0.15) is 6.07 Å². The van der Waals surface area contributed by atoms with Gasteiger partial charge in [0.15, 0.2) is 0 Å². The van der Waals surface area contributed by atoms with Gasteiger partial charge in [-0.25, -0.2) is 4.79 Å². The molecule has 1 rings (SSSR count). The van der Waals surface area contributed by atoms with Crippen molar-refractivity contribution in [2.24, 2.45) is 5.16 Å². The molecule has 11 heteroatoms. The highest BCUT2D eigenvalue weighted by Gasteiger charge is 2.33. The Morgan fingerprint density at radius 2 is 1.96 bits per heavy atom. The van der Waals surface area contributed by atoms with Crippen LogP contribution < -0.4 is 0 Å². The van der Waals surface area contributed by atoms with Gasteiger partial charge in [-0.1, -0.05) is 11.2 Å². The van der Waals surface area contributed by atoms with Crippen molar-refractivity contribution < 1.29 is 28.2 Å². The fourth-order valence-electron chi connectivity index (χ4n) is 1.70. The Hall–Kier alpha value is -2.60. The lowest BCUT2D eigenvalue weighted by molar-refractivity contribution is -0.385. The number of rotatable bonds is 8. The maximum atomic E-state index is 12.4. The van der Waals surface area contributed by atoms with Crippen molar-refractivity contribution in [1.29, 1.82) is 5.26 Å². The van der Waals surface area contributed by atoms with Crippen LogP contribution in [0.5, 0.6) is 0 Å². The molecule has 0 aliphatic carbocycles. The average molecular weight is 369 g/mol. The lowest BCUT2D eigenvalue weighted by Crippen LogP contribution is -2.09. The van der Waals surface area contributed by atoms with Crippen molar-refractivity contribution in [3.63, 3.8) is 0 Å². The minimum Gasteiger partial charge on any atom is -0.311 e. The number of hydrogen-bond donors (Lipinski definition) is 0. The zero-order valence-electron chi connectivity index (χ0n) is 13.8. The van der Waals surface area contributed by atoms with Gasteiger partial charge >= 0.3 is 13.6 Å². The first kappa shape index (κ1) is 20.4. The molecule has 0 N–H and O–H groups in total. The van der Waals surface area contributed by atoms with Gasteiger partial charge in [0.25, 0.3) is 11.1 Å². The molecule has 10 nitrogen and oxygen atoms in total. The highest BCUT2D eigenvalue weighted by atomic mass is 31.2. The molecule has 0 saturated carbocycles. The molecule has 0 radical (unpaired) electrons. The van der Waals surface area contributed by atoms with Crippen LogP contribution in [0.25, 0.3) is 0 Å². The molecule has 0 aromatic heterocycles. The molecule has 0 aliphatic heterocycles. The van der Waals surface area contributed by atoms with Crippen LogP contribution in [0.15, 0.2) is 23.4 Å². The largest absolute Gasteiger partial charge is 0.393 e. The summed E-state index contributed by atoms with van der Waals surface area (Å²) in [6.07, 6.45) is 0. The molecule has 0 aliphatic rings. The molecular weight excluding hydrogens is 353 g/mol. The molecule has 0 heterocycles. The van der Waals surface area contributed by atoms with Crippen LogP contribution in [0.4, 0.5) is 5.69 Å². The van der Waals surface area contributed by atoms with Gasteiger partial charge in [-0.15, -0.1) is 0 Å². The number of nitro benzene ring substituents is 1. The van der Waals surface area contributed by atoms with Gasteiger partial charge in [0.05, 0.1) is 23.7 Å². The van der Waals surface area contributed by atoms with Gasteiger partial charge in [-0.2, -0.15) is 5.26 Å². The number of nitriles is 1. The lowest BCUT2D eigenvalue weighted by Gasteiger charge is -2.13. The molecular formula is C14H16N3O7P. The molecule has 25 heavy (non-hydrogen) atoms. The monoisotopic (exact) mass is 369 g/mol. The Morgan fingerprint density at radius 1 is 1.36 bits per heavy atom. The van der Waals surface area contributed by atoms with Crippen LogP contribution in [-0.4, -0.2) is 29.6 Å². The molecule has 0 fully saturated rings. The summed E-state index contributed by atoms with van der Waals surface area (Å²) in [6.45, 7) is 4.56. The van der Waals surface area contributed by atoms with Gasteiger partial charge in [-0.05, 0) is 26.8 Å². The summed E-state index contributed by atoms with van der Waals surface area (Å²) in [6, 6.07) is 5.20. The normalized spacial score (nSPS) is 11.7. The summed E-state index contributed by atoms with van der Waals surface area (Å²) >= 11 is 0.